The van der Waals surface area contributed by atoms with Gasteiger partial charge in [-0.05, 0) is 0 Å². The van der Waals surface area contributed by atoms with Gasteiger partial charge in [0.05, 0.1) is 6.54 Å². The van der Waals surface area contributed by atoms with Crippen molar-refractivity contribution in [3.8, 4) is 11.4 Å². The maximum atomic E-state index is 12.1. The lowest BCUT2D eigenvalue weighted by Gasteiger charge is -2.14. The van der Waals surface area contributed by atoms with E-state index in [1.165, 1.54) is 4.90 Å². The van der Waals surface area contributed by atoms with Crippen molar-refractivity contribution in [3.63, 3.8) is 0 Å². The second kappa shape index (κ2) is 6.40. The van der Waals surface area contributed by atoms with Crippen LogP contribution in [0.5, 0.6) is 0 Å². The summed E-state index contributed by atoms with van der Waals surface area (Å²) in [6.07, 6.45) is 0. The Bertz CT molecular complexity index is 854. The SMILES string of the molecule is CN(Cc1n[nH]c(=O)[nH]1)C(=O)Nc1nc(-c2ccccc2)ns1. The first-order valence-electron chi connectivity index (χ1n) is 6.66. The number of H-pyrrole nitrogens is 2. The van der Waals surface area contributed by atoms with Crippen LogP contribution in [0.1, 0.15) is 5.82 Å². The number of carbonyl (C=O) groups is 1. The molecule has 2 heterocycles. The molecule has 10 heteroatoms. The lowest BCUT2D eigenvalue weighted by Crippen LogP contribution is -2.31. The maximum Gasteiger partial charge on any atom is 0.340 e. The van der Waals surface area contributed by atoms with Crippen molar-refractivity contribution in [3.05, 3.63) is 46.6 Å². The van der Waals surface area contributed by atoms with Gasteiger partial charge < -0.3 is 4.90 Å². The first kappa shape index (κ1) is 14.9. The van der Waals surface area contributed by atoms with E-state index < -0.39 is 5.69 Å². The van der Waals surface area contributed by atoms with Crippen LogP contribution in [-0.2, 0) is 6.54 Å². The molecule has 3 rings (SSSR count). The Hall–Kier alpha value is -3.01. The van der Waals surface area contributed by atoms with Crippen LogP contribution in [0.3, 0.4) is 0 Å². The highest BCUT2D eigenvalue weighted by atomic mass is 32.1. The molecule has 0 atom stereocenters. The number of anilines is 1. The van der Waals surface area contributed by atoms with E-state index in [9.17, 15) is 9.59 Å². The standard InChI is InChI=1S/C13H13N7O2S/c1-20(7-9-14-11(21)18-17-9)13(22)16-12-15-10(19-23-12)8-5-3-2-4-6-8/h2-6H,7H2,1H3,(H2,14,17,18,21)(H,15,16,19,22). The zero-order valence-electron chi connectivity index (χ0n) is 12.1. The van der Waals surface area contributed by atoms with Crippen molar-refractivity contribution < 1.29 is 4.79 Å². The van der Waals surface area contributed by atoms with E-state index >= 15 is 0 Å². The first-order valence-corrected chi connectivity index (χ1v) is 7.44. The van der Waals surface area contributed by atoms with E-state index in [0.29, 0.717) is 16.8 Å². The Kier molecular flexibility index (Phi) is 4.15. The summed E-state index contributed by atoms with van der Waals surface area (Å²) < 4.78 is 4.22. The fourth-order valence-electron chi connectivity index (χ4n) is 1.84. The number of urea groups is 1. The molecule has 0 saturated carbocycles. The number of hydrogen-bond acceptors (Lipinski definition) is 6. The topological polar surface area (TPSA) is 120 Å². The Morgan fingerprint density at radius 1 is 1.35 bits per heavy atom. The quantitative estimate of drug-likeness (QED) is 0.665. The number of carbonyl (C=O) groups excluding carboxylic acids is 1. The minimum atomic E-state index is -0.412. The molecule has 0 aliphatic carbocycles. The average molecular weight is 331 g/mol. The summed E-state index contributed by atoms with van der Waals surface area (Å²) in [6, 6.07) is 9.12. The van der Waals surface area contributed by atoms with Gasteiger partial charge in [-0.1, -0.05) is 30.3 Å². The molecule has 0 unspecified atom stereocenters. The van der Waals surface area contributed by atoms with Crippen LogP contribution in [0.4, 0.5) is 9.93 Å². The van der Waals surface area contributed by atoms with Crippen LogP contribution in [0, 0.1) is 0 Å². The van der Waals surface area contributed by atoms with Gasteiger partial charge in [-0.25, -0.2) is 14.7 Å². The predicted octanol–water partition coefficient (Wildman–Crippen LogP) is 1.28. The van der Waals surface area contributed by atoms with Gasteiger partial charge in [0.2, 0.25) is 5.13 Å². The van der Waals surface area contributed by atoms with Crippen LogP contribution < -0.4 is 11.0 Å². The van der Waals surface area contributed by atoms with Gasteiger partial charge >= 0.3 is 11.7 Å². The molecule has 3 aromatic rings. The molecule has 9 nitrogen and oxygen atoms in total. The van der Waals surface area contributed by atoms with Gasteiger partial charge in [0.15, 0.2) is 11.6 Å². The number of benzene rings is 1. The fraction of sp³-hybridized carbons (Fsp3) is 0.154. The number of nitrogens with one attached hydrogen (secondary N) is 3. The summed E-state index contributed by atoms with van der Waals surface area (Å²) in [5, 5.41) is 9.05. The normalized spacial score (nSPS) is 10.5. The smallest absolute Gasteiger partial charge is 0.320 e. The zero-order valence-corrected chi connectivity index (χ0v) is 12.9. The highest BCUT2D eigenvalue weighted by molar-refractivity contribution is 7.10. The molecule has 0 spiro atoms. The van der Waals surface area contributed by atoms with E-state index in [4.69, 9.17) is 0 Å². The van der Waals surface area contributed by atoms with E-state index in [0.717, 1.165) is 17.1 Å². The van der Waals surface area contributed by atoms with Crippen LogP contribution in [0.25, 0.3) is 11.4 Å². The molecule has 1 aromatic carbocycles. The van der Waals surface area contributed by atoms with Gasteiger partial charge in [-0.15, -0.1) is 0 Å². The Labute approximate surface area is 134 Å². The Morgan fingerprint density at radius 3 is 2.83 bits per heavy atom. The van der Waals surface area contributed by atoms with E-state index in [2.05, 4.69) is 29.9 Å². The zero-order chi connectivity index (χ0) is 16.2. The fourth-order valence-corrected chi connectivity index (χ4v) is 2.42. The van der Waals surface area contributed by atoms with Gasteiger partial charge in [-0.3, -0.25) is 10.3 Å². The van der Waals surface area contributed by atoms with Crippen LogP contribution >= 0.6 is 11.5 Å². The van der Waals surface area contributed by atoms with E-state index in [-0.39, 0.29) is 12.6 Å². The van der Waals surface area contributed by atoms with Crippen molar-refractivity contribution in [2.45, 2.75) is 6.54 Å². The van der Waals surface area contributed by atoms with Crippen molar-refractivity contribution in [2.24, 2.45) is 0 Å². The second-order valence-corrected chi connectivity index (χ2v) is 5.45. The van der Waals surface area contributed by atoms with Gasteiger partial charge in [0.25, 0.3) is 0 Å². The highest BCUT2D eigenvalue weighted by Gasteiger charge is 2.14. The number of aromatic amines is 2. The van der Waals surface area contributed by atoms with Gasteiger partial charge in [0.1, 0.15) is 0 Å². The molecule has 0 aliphatic heterocycles. The molecule has 0 radical (unpaired) electrons. The molecule has 0 saturated heterocycles. The summed E-state index contributed by atoms with van der Waals surface area (Å²) in [6.45, 7) is 0.162. The minimum Gasteiger partial charge on any atom is -0.320 e. The summed E-state index contributed by atoms with van der Waals surface area (Å²) in [7, 11) is 1.58. The van der Waals surface area contributed by atoms with Crippen molar-refractivity contribution in [1.82, 2.24) is 29.4 Å². The molecular formula is C13H13N7O2S. The summed E-state index contributed by atoms with van der Waals surface area (Å²) >= 11 is 1.10. The molecule has 2 aromatic heterocycles. The van der Waals surface area contributed by atoms with Crippen molar-refractivity contribution >= 4 is 22.7 Å². The minimum absolute atomic E-state index is 0.162. The lowest BCUT2D eigenvalue weighted by atomic mass is 10.2. The second-order valence-electron chi connectivity index (χ2n) is 4.70. The largest absolute Gasteiger partial charge is 0.340 e. The Balaban J connectivity index is 1.64. The lowest BCUT2D eigenvalue weighted by molar-refractivity contribution is 0.219. The van der Waals surface area contributed by atoms with Crippen LogP contribution in [0.2, 0.25) is 0 Å². The third-order valence-electron chi connectivity index (χ3n) is 2.96. The average Bonchev–Trinajstić information content (AvgIpc) is 3.17. The van der Waals surface area contributed by atoms with E-state index in [1.807, 2.05) is 30.3 Å². The molecule has 3 N–H and O–H groups in total. The number of rotatable bonds is 4. The summed E-state index contributed by atoms with van der Waals surface area (Å²) in [5.74, 6) is 0.931. The number of aromatic nitrogens is 5. The Morgan fingerprint density at radius 2 is 2.13 bits per heavy atom. The summed E-state index contributed by atoms with van der Waals surface area (Å²) in [5.41, 5.74) is 0.470. The van der Waals surface area contributed by atoms with E-state index in [1.54, 1.807) is 7.05 Å². The number of nitrogens with zero attached hydrogens (tertiary/aromatic N) is 4. The highest BCUT2D eigenvalue weighted by Crippen LogP contribution is 2.20. The molecule has 0 bridgehead atoms. The van der Waals surface area contributed by atoms with Gasteiger partial charge in [0, 0.05) is 24.1 Å². The van der Waals surface area contributed by atoms with Crippen molar-refractivity contribution in [2.75, 3.05) is 12.4 Å². The number of amides is 2. The first-order chi connectivity index (χ1) is 11.1. The molecule has 0 fully saturated rings. The molecule has 0 aliphatic rings. The monoisotopic (exact) mass is 331 g/mol. The van der Waals surface area contributed by atoms with Crippen LogP contribution in [0.15, 0.2) is 35.1 Å². The molecule has 23 heavy (non-hydrogen) atoms. The maximum absolute atomic E-state index is 12.1. The van der Waals surface area contributed by atoms with Crippen LogP contribution in [-0.4, -0.2) is 42.5 Å². The molecule has 118 valence electrons. The molecule has 2 amide bonds. The predicted molar refractivity (Wildman–Crippen MR) is 85.0 cm³/mol. The third-order valence-corrected chi connectivity index (χ3v) is 3.59. The van der Waals surface area contributed by atoms with Gasteiger partial charge in [-0.2, -0.15) is 14.5 Å². The molecular weight excluding hydrogens is 318 g/mol. The number of hydrogen-bond donors (Lipinski definition) is 3. The summed E-state index contributed by atoms with van der Waals surface area (Å²) in [4.78, 5) is 31.2. The third kappa shape index (κ3) is 3.61. The van der Waals surface area contributed by atoms with Crippen molar-refractivity contribution in [1.29, 1.82) is 0 Å².